The van der Waals surface area contributed by atoms with E-state index in [0.717, 1.165) is 10.7 Å². The number of benzene rings is 1. The highest BCUT2D eigenvalue weighted by molar-refractivity contribution is 7.10. The van der Waals surface area contributed by atoms with E-state index in [-0.39, 0.29) is 5.54 Å². The van der Waals surface area contributed by atoms with Gasteiger partial charge < -0.3 is 5.73 Å². The zero-order valence-corrected chi connectivity index (χ0v) is 12.5. The van der Waals surface area contributed by atoms with Crippen molar-refractivity contribution >= 4 is 11.3 Å². The highest BCUT2D eigenvalue weighted by atomic mass is 32.1. The van der Waals surface area contributed by atoms with Crippen LogP contribution < -0.4 is 5.73 Å². The van der Waals surface area contributed by atoms with Crippen molar-refractivity contribution in [3.05, 3.63) is 39.2 Å². The third-order valence-corrected chi connectivity index (χ3v) is 4.17. The molecule has 0 aliphatic heterocycles. The molecule has 2 rings (SSSR count). The lowest BCUT2D eigenvalue weighted by molar-refractivity contribution is 0.551. The van der Waals surface area contributed by atoms with E-state index >= 15 is 0 Å². The predicted octanol–water partition coefficient (Wildman–Crippen LogP) is 3.93. The molecule has 1 aromatic heterocycles. The van der Waals surface area contributed by atoms with Gasteiger partial charge in [-0.2, -0.15) is 0 Å². The Morgan fingerprint density at radius 1 is 1.11 bits per heavy atom. The van der Waals surface area contributed by atoms with Crippen LogP contribution in [-0.4, -0.2) is 4.98 Å². The fraction of sp³-hybridized carbons (Fsp3) is 0.400. The van der Waals surface area contributed by atoms with Crippen LogP contribution in [0.15, 0.2) is 17.5 Å². The summed E-state index contributed by atoms with van der Waals surface area (Å²) in [5, 5.41) is 3.09. The van der Waals surface area contributed by atoms with Gasteiger partial charge in [-0.3, -0.25) is 0 Å². The van der Waals surface area contributed by atoms with Crippen LogP contribution in [0.2, 0.25) is 0 Å². The largest absolute Gasteiger partial charge is 0.320 e. The van der Waals surface area contributed by atoms with Gasteiger partial charge in [0.15, 0.2) is 0 Å². The van der Waals surface area contributed by atoms with Gasteiger partial charge >= 0.3 is 0 Å². The standard InChI is InChI=1S/C15H20N2S/c1-9-6-10(2)13(11(3)7-9)12-8-18-14(17-12)15(4,5)16/h6-8H,16H2,1-5H3. The van der Waals surface area contributed by atoms with Crippen LogP contribution in [0, 0.1) is 20.8 Å². The molecule has 0 aliphatic rings. The van der Waals surface area contributed by atoms with Crippen molar-refractivity contribution in [2.45, 2.75) is 40.2 Å². The van der Waals surface area contributed by atoms with Gasteiger partial charge in [0, 0.05) is 10.9 Å². The Bertz CT molecular complexity index is 553. The molecule has 2 N–H and O–H groups in total. The van der Waals surface area contributed by atoms with Crippen LogP contribution in [-0.2, 0) is 5.54 Å². The molecule has 96 valence electrons. The normalized spacial score (nSPS) is 11.9. The number of aromatic nitrogens is 1. The maximum absolute atomic E-state index is 6.10. The minimum Gasteiger partial charge on any atom is -0.320 e. The van der Waals surface area contributed by atoms with E-state index < -0.39 is 0 Å². The van der Waals surface area contributed by atoms with Gasteiger partial charge in [-0.25, -0.2) is 4.98 Å². The lowest BCUT2D eigenvalue weighted by Gasteiger charge is -2.14. The zero-order chi connectivity index (χ0) is 13.5. The first-order chi connectivity index (χ1) is 8.29. The maximum Gasteiger partial charge on any atom is 0.113 e. The van der Waals surface area contributed by atoms with Crippen molar-refractivity contribution in [2.75, 3.05) is 0 Å². The van der Waals surface area contributed by atoms with Crippen LogP contribution in [0.1, 0.15) is 35.5 Å². The summed E-state index contributed by atoms with van der Waals surface area (Å²) in [7, 11) is 0. The SMILES string of the molecule is Cc1cc(C)c(-c2csc(C(C)(C)N)n2)c(C)c1. The van der Waals surface area contributed by atoms with Crippen LogP contribution in [0.25, 0.3) is 11.3 Å². The van der Waals surface area contributed by atoms with Crippen molar-refractivity contribution in [2.24, 2.45) is 5.73 Å². The summed E-state index contributed by atoms with van der Waals surface area (Å²) in [4.78, 5) is 4.70. The number of nitrogens with zero attached hydrogens (tertiary/aromatic N) is 1. The Labute approximate surface area is 113 Å². The van der Waals surface area contributed by atoms with Crippen molar-refractivity contribution in [1.29, 1.82) is 0 Å². The smallest absolute Gasteiger partial charge is 0.113 e. The van der Waals surface area contributed by atoms with E-state index in [1.165, 1.54) is 22.3 Å². The van der Waals surface area contributed by atoms with E-state index in [1.54, 1.807) is 11.3 Å². The molecule has 0 unspecified atom stereocenters. The van der Waals surface area contributed by atoms with Crippen molar-refractivity contribution < 1.29 is 0 Å². The molecule has 1 aromatic carbocycles. The molecule has 18 heavy (non-hydrogen) atoms. The molecule has 0 saturated carbocycles. The lowest BCUT2D eigenvalue weighted by Crippen LogP contribution is -2.28. The number of nitrogens with two attached hydrogens (primary N) is 1. The fourth-order valence-electron chi connectivity index (χ4n) is 2.27. The summed E-state index contributed by atoms with van der Waals surface area (Å²) in [5.74, 6) is 0. The van der Waals surface area contributed by atoms with Crippen molar-refractivity contribution in [3.8, 4) is 11.3 Å². The van der Waals surface area contributed by atoms with Crippen LogP contribution in [0.5, 0.6) is 0 Å². The first kappa shape index (κ1) is 13.2. The number of rotatable bonds is 2. The van der Waals surface area contributed by atoms with E-state index in [2.05, 4.69) is 38.3 Å². The van der Waals surface area contributed by atoms with Gasteiger partial charge in [-0.05, 0) is 45.7 Å². The Morgan fingerprint density at radius 3 is 2.11 bits per heavy atom. The van der Waals surface area contributed by atoms with Gasteiger partial charge in [0.1, 0.15) is 5.01 Å². The maximum atomic E-state index is 6.10. The summed E-state index contributed by atoms with van der Waals surface area (Å²) >= 11 is 1.64. The molecular formula is C15H20N2S. The van der Waals surface area contributed by atoms with E-state index in [1.807, 2.05) is 13.8 Å². The average molecular weight is 260 g/mol. The van der Waals surface area contributed by atoms with Crippen LogP contribution >= 0.6 is 11.3 Å². The number of aryl methyl sites for hydroxylation is 3. The van der Waals surface area contributed by atoms with E-state index in [0.29, 0.717) is 0 Å². The summed E-state index contributed by atoms with van der Waals surface area (Å²) in [6.07, 6.45) is 0. The van der Waals surface area contributed by atoms with Gasteiger partial charge in [0.05, 0.1) is 11.2 Å². The molecule has 0 fully saturated rings. The molecule has 0 amide bonds. The predicted molar refractivity (Wildman–Crippen MR) is 79.0 cm³/mol. The Hall–Kier alpha value is -1.19. The second kappa shape index (κ2) is 4.48. The molecule has 1 heterocycles. The molecule has 0 spiro atoms. The molecule has 0 aliphatic carbocycles. The van der Waals surface area contributed by atoms with E-state index in [4.69, 9.17) is 10.7 Å². The summed E-state index contributed by atoms with van der Waals surface area (Å²) in [6.45, 7) is 10.4. The minimum atomic E-state index is -0.366. The van der Waals surface area contributed by atoms with Gasteiger partial charge in [-0.1, -0.05) is 17.7 Å². The molecule has 2 nitrogen and oxygen atoms in total. The third kappa shape index (κ3) is 2.47. The first-order valence-corrected chi connectivity index (χ1v) is 7.00. The summed E-state index contributed by atoms with van der Waals surface area (Å²) < 4.78 is 0. The second-order valence-electron chi connectivity index (χ2n) is 5.53. The Morgan fingerprint density at radius 2 is 1.67 bits per heavy atom. The third-order valence-electron chi connectivity index (χ3n) is 2.99. The number of thiazole rings is 1. The van der Waals surface area contributed by atoms with Gasteiger partial charge in [-0.15, -0.1) is 11.3 Å². The van der Waals surface area contributed by atoms with Crippen molar-refractivity contribution in [3.63, 3.8) is 0 Å². The number of hydrogen-bond acceptors (Lipinski definition) is 3. The molecular weight excluding hydrogens is 240 g/mol. The van der Waals surface area contributed by atoms with Crippen LogP contribution in [0.3, 0.4) is 0 Å². The molecule has 3 heteroatoms. The zero-order valence-electron chi connectivity index (χ0n) is 11.7. The lowest BCUT2D eigenvalue weighted by atomic mass is 9.98. The fourth-order valence-corrected chi connectivity index (χ4v) is 3.12. The monoisotopic (exact) mass is 260 g/mol. The second-order valence-corrected chi connectivity index (χ2v) is 6.39. The Kier molecular flexibility index (Phi) is 3.30. The summed E-state index contributed by atoms with van der Waals surface area (Å²) in [6, 6.07) is 4.41. The van der Waals surface area contributed by atoms with E-state index in [9.17, 15) is 0 Å². The van der Waals surface area contributed by atoms with Crippen LogP contribution in [0.4, 0.5) is 0 Å². The topological polar surface area (TPSA) is 38.9 Å². The van der Waals surface area contributed by atoms with Gasteiger partial charge in [0.2, 0.25) is 0 Å². The minimum absolute atomic E-state index is 0.366. The average Bonchev–Trinajstić information content (AvgIpc) is 2.64. The molecule has 0 saturated heterocycles. The highest BCUT2D eigenvalue weighted by Gasteiger charge is 2.20. The first-order valence-electron chi connectivity index (χ1n) is 6.12. The molecule has 2 aromatic rings. The molecule has 0 atom stereocenters. The Balaban J connectivity index is 2.53. The van der Waals surface area contributed by atoms with Crippen molar-refractivity contribution in [1.82, 2.24) is 4.98 Å². The van der Waals surface area contributed by atoms with Gasteiger partial charge in [0.25, 0.3) is 0 Å². The molecule has 0 radical (unpaired) electrons. The molecule has 0 bridgehead atoms. The highest BCUT2D eigenvalue weighted by Crippen LogP contribution is 2.31. The number of hydrogen-bond donors (Lipinski definition) is 1. The summed E-state index contributed by atoms with van der Waals surface area (Å²) in [5.41, 5.74) is 11.9. The quantitative estimate of drug-likeness (QED) is 0.888.